The van der Waals surface area contributed by atoms with Gasteiger partial charge in [0, 0.05) is 46.7 Å². The average Bonchev–Trinajstić information content (AvgIpc) is 3.28. The molecule has 0 saturated carbocycles. The van der Waals surface area contributed by atoms with E-state index in [9.17, 15) is 18.0 Å². The summed E-state index contributed by atoms with van der Waals surface area (Å²) in [5.41, 5.74) is -0.306. The summed E-state index contributed by atoms with van der Waals surface area (Å²) < 4.78 is 59.4. The average molecular weight is 538 g/mol. The molecule has 1 N–H and O–H groups in total. The zero-order valence-corrected chi connectivity index (χ0v) is 21.4. The summed E-state index contributed by atoms with van der Waals surface area (Å²) >= 11 is 1.44. The summed E-state index contributed by atoms with van der Waals surface area (Å²) in [4.78, 5) is 27.1. The second-order valence-electron chi connectivity index (χ2n) is 9.34. The fourth-order valence-corrected chi connectivity index (χ4v) is 4.89. The second-order valence-corrected chi connectivity index (χ2v) is 10.6. The van der Waals surface area contributed by atoms with E-state index in [0.717, 1.165) is 30.2 Å². The number of hydrogen-bond acceptors (Lipinski definition) is 7. The predicted octanol–water partition coefficient (Wildman–Crippen LogP) is 5.23. The molecule has 0 bridgehead atoms. The number of aryl methyl sites for hydroxylation is 1. The molecule has 12 heteroatoms. The monoisotopic (exact) mass is 537 g/mol. The van der Waals surface area contributed by atoms with Crippen molar-refractivity contribution in [3.05, 3.63) is 58.6 Å². The van der Waals surface area contributed by atoms with Crippen LogP contribution in [0.5, 0.6) is 5.75 Å². The summed E-state index contributed by atoms with van der Waals surface area (Å²) in [6, 6.07) is 4.22. The van der Waals surface area contributed by atoms with Crippen LogP contribution in [0.2, 0.25) is 0 Å². The van der Waals surface area contributed by atoms with Gasteiger partial charge in [-0.05, 0) is 58.5 Å². The first kappa shape index (κ1) is 26.9. The van der Waals surface area contributed by atoms with E-state index in [-0.39, 0.29) is 18.7 Å². The molecule has 4 rings (SSSR count). The molecular weight excluding hydrogens is 510 g/mol. The Hall–Kier alpha value is -3.12. The van der Waals surface area contributed by atoms with Gasteiger partial charge in [0.25, 0.3) is 5.91 Å². The van der Waals surface area contributed by atoms with Gasteiger partial charge < -0.3 is 15.0 Å². The van der Waals surface area contributed by atoms with Crippen LogP contribution < -0.4 is 10.1 Å². The predicted molar refractivity (Wildman–Crippen MR) is 131 cm³/mol. The molecule has 198 valence electrons. The van der Waals surface area contributed by atoms with Gasteiger partial charge in [0.15, 0.2) is 5.67 Å². The van der Waals surface area contributed by atoms with E-state index in [4.69, 9.17) is 4.74 Å². The molecule has 0 aliphatic carbocycles. The number of carbonyl (C=O) groups excluding carboxylic acids is 1. The zero-order valence-electron chi connectivity index (χ0n) is 20.6. The minimum Gasteiger partial charge on any atom is -0.490 e. The number of nitrogens with one attached hydrogen (secondary N) is 1. The van der Waals surface area contributed by atoms with Crippen LogP contribution in [0.25, 0.3) is 10.6 Å². The second kappa shape index (κ2) is 10.7. The molecule has 1 aliphatic heterocycles. The molecule has 1 amide bonds. The number of carbonyl (C=O) groups is 1. The molecule has 37 heavy (non-hydrogen) atoms. The molecular formula is C25H27F4N5O2S. The topological polar surface area (TPSA) is 80.2 Å². The fourth-order valence-electron chi connectivity index (χ4n) is 4.13. The van der Waals surface area contributed by atoms with Crippen LogP contribution >= 0.6 is 11.3 Å². The van der Waals surface area contributed by atoms with Gasteiger partial charge in [0.1, 0.15) is 17.4 Å². The Morgan fingerprint density at radius 1 is 1.22 bits per heavy atom. The molecule has 0 spiro atoms. The number of halogens is 4. The lowest BCUT2D eigenvalue weighted by molar-refractivity contribution is -0.145. The van der Waals surface area contributed by atoms with Gasteiger partial charge in [-0.25, -0.2) is 19.3 Å². The minimum atomic E-state index is -4.65. The largest absolute Gasteiger partial charge is 0.490 e. The van der Waals surface area contributed by atoms with Gasteiger partial charge in [-0.1, -0.05) is 0 Å². The van der Waals surface area contributed by atoms with Gasteiger partial charge in [-0.3, -0.25) is 4.79 Å². The van der Waals surface area contributed by atoms with Crippen molar-refractivity contribution >= 4 is 17.2 Å². The Bertz CT molecular complexity index is 1250. The molecule has 1 aromatic carbocycles. The third-order valence-electron chi connectivity index (χ3n) is 6.03. The number of piperidine rings is 1. The van der Waals surface area contributed by atoms with Gasteiger partial charge in [0.2, 0.25) is 5.82 Å². The first-order chi connectivity index (χ1) is 17.4. The first-order valence-corrected chi connectivity index (χ1v) is 12.5. The van der Waals surface area contributed by atoms with Gasteiger partial charge in [0.05, 0.1) is 6.04 Å². The van der Waals surface area contributed by atoms with Crippen LogP contribution in [0, 0.1) is 6.92 Å². The lowest BCUT2D eigenvalue weighted by Gasteiger charge is -2.35. The van der Waals surface area contributed by atoms with Crippen molar-refractivity contribution in [2.75, 3.05) is 26.7 Å². The lowest BCUT2D eigenvalue weighted by Crippen LogP contribution is -2.47. The Balaban J connectivity index is 1.54. The molecule has 3 aromatic rings. The number of likely N-dealkylation sites (tertiary alicyclic amines) is 1. The third-order valence-corrected chi connectivity index (χ3v) is 6.99. The summed E-state index contributed by atoms with van der Waals surface area (Å²) in [5, 5.41) is 3.42. The molecule has 7 nitrogen and oxygen atoms in total. The minimum absolute atomic E-state index is 0.155. The smallest absolute Gasteiger partial charge is 0.451 e. The Morgan fingerprint density at radius 2 is 1.95 bits per heavy atom. The van der Waals surface area contributed by atoms with Crippen LogP contribution in [-0.4, -0.2) is 58.2 Å². The third kappa shape index (κ3) is 6.80. The molecule has 1 saturated heterocycles. The van der Waals surface area contributed by atoms with E-state index in [1.54, 1.807) is 25.3 Å². The van der Waals surface area contributed by atoms with Crippen LogP contribution in [0.1, 0.15) is 52.4 Å². The van der Waals surface area contributed by atoms with Crippen molar-refractivity contribution in [3.8, 4) is 16.3 Å². The summed E-state index contributed by atoms with van der Waals surface area (Å²) in [5.74, 6) is -1.41. The maximum atomic E-state index is 15.3. The maximum Gasteiger partial charge on any atom is 0.451 e. The van der Waals surface area contributed by atoms with E-state index in [1.165, 1.54) is 17.4 Å². The number of rotatable bonds is 7. The van der Waals surface area contributed by atoms with E-state index in [0.29, 0.717) is 28.3 Å². The Labute approximate surface area is 215 Å². The normalized spacial score (nSPS) is 19.4. The number of alkyl halides is 4. The molecule has 1 fully saturated rings. The van der Waals surface area contributed by atoms with Crippen LogP contribution in [0.15, 0.2) is 36.8 Å². The quantitative estimate of drug-likeness (QED) is 0.416. The number of ether oxygens (including phenoxy) is 1. The standard InChI is InChI=1S/C25H27F4N5O2S/c1-15-10-30-22(37-15)18-7-17(8-20(9-18)36-14-24(26)5-4-6-34(3)13-24)21(35)33-16(2)19-11-31-23(32-12-19)25(27,28)29/h7-12,16H,4-6,13-14H2,1-3H3,(H,33,35). The van der Waals surface area contributed by atoms with Crippen molar-refractivity contribution in [3.63, 3.8) is 0 Å². The fraction of sp³-hybridized carbons (Fsp3) is 0.440. The van der Waals surface area contributed by atoms with E-state index in [1.807, 2.05) is 18.9 Å². The van der Waals surface area contributed by atoms with Gasteiger partial charge >= 0.3 is 6.18 Å². The van der Waals surface area contributed by atoms with E-state index in [2.05, 4.69) is 20.3 Å². The number of thiazole rings is 1. The van der Waals surface area contributed by atoms with Crippen molar-refractivity contribution in [1.29, 1.82) is 0 Å². The highest BCUT2D eigenvalue weighted by atomic mass is 32.1. The van der Waals surface area contributed by atoms with Crippen molar-refractivity contribution in [1.82, 2.24) is 25.2 Å². The van der Waals surface area contributed by atoms with E-state index < -0.39 is 29.6 Å². The van der Waals surface area contributed by atoms with Crippen molar-refractivity contribution in [2.24, 2.45) is 0 Å². The number of nitrogens with zero attached hydrogens (tertiary/aromatic N) is 4. The Kier molecular flexibility index (Phi) is 7.79. The summed E-state index contributed by atoms with van der Waals surface area (Å²) in [6.07, 6.45) is 0.254. The maximum absolute atomic E-state index is 15.3. The number of hydrogen-bond donors (Lipinski definition) is 1. The molecule has 2 atom stereocenters. The SMILES string of the molecule is Cc1cnc(-c2cc(OCC3(F)CCCN(C)C3)cc(C(=O)NC(C)c3cnc(C(F)(F)F)nc3)c2)s1. The zero-order chi connectivity index (χ0) is 26.8. The number of aromatic nitrogens is 3. The van der Waals surface area contributed by atoms with Crippen LogP contribution in [-0.2, 0) is 6.18 Å². The molecule has 2 aromatic heterocycles. The van der Waals surface area contributed by atoms with Crippen molar-refractivity contribution in [2.45, 2.75) is 44.6 Å². The molecule has 1 aliphatic rings. The molecule has 2 unspecified atom stereocenters. The van der Waals surface area contributed by atoms with Gasteiger partial charge in [-0.2, -0.15) is 13.2 Å². The highest BCUT2D eigenvalue weighted by molar-refractivity contribution is 7.14. The first-order valence-electron chi connectivity index (χ1n) is 11.7. The highest BCUT2D eigenvalue weighted by Gasteiger charge is 2.36. The summed E-state index contributed by atoms with van der Waals surface area (Å²) in [7, 11) is 1.87. The van der Waals surface area contributed by atoms with Crippen LogP contribution in [0.4, 0.5) is 17.6 Å². The van der Waals surface area contributed by atoms with Gasteiger partial charge in [-0.15, -0.1) is 11.3 Å². The lowest BCUT2D eigenvalue weighted by atomic mass is 9.96. The number of amides is 1. The van der Waals surface area contributed by atoms with E-state index >= 15 is 4.39 Å². The highest BCUT2D eigenvalue weighted by Crippen LogP contribution is 2.32. The van der Waals surface area contributed by atoms with Crippen molar-refractivity contribution < 1.29 is 27.1 Å². The summed E-state index contributed by atoms with van der Waals surface area (Å²) in [6.45, 7) is 4.46. The van der Waals surface area contributed by atoms with Crippen LogP contribution in [0.3, 0.4) is 0 Å². The molecule has 3 heterocycles. The molecule has 0 radical (unpaired) electrons. The Morgan fingerprint density at radius 3 is 2.57 bits per heavy atom. The number of benzene rings is 1.